The molecule has 2 aliphatic carbocycles. The Morgan fingerprint density at radius 3 is 2.68 bits per heavy atom. The molecule has 0 aromatic carbocycles. The fraction of sp³-hybridized carbons (Fsp3) is 0.778. The first-order valence-electron chi connectivity index (χ1n) is 8.72. The maximum Gasteiger partial charge on any atom is 0.150 e. The van der Waals surface area contributed by atoms with Crippen LogP contribution in [0.25, 0.3) is 0 Å². The van der Waals surface area contributed by atoms with Crippen molar-refractivity contribution in [2.75, 3.05) is 0 Å². The summed E-state index contributed by atoms with van der Waals surface area (Å²) in [6.07, 6.45) is 7.53. The van der Waals surface area contributed by atoms with Crippen LogP contribution < -0.4 is 0 Å². The minimum Gasteiger partial charge on any atom is -0.388 e. The van der Waals surface area contributed by atoms with Gasteiger partial charge in [-0.25, -0.2) is 0 Å². The molecule has 0 unspecified atom stereocenters. The second-order valence-electron chi connectivity index (χ2n) is 7.95. The van der Waals surface area contributed by atoms with Gasteiger partial charge in [0, 0.05) is 11.5 Å². The molecule has 2 atom stereocenters. The van der Waals surface area contributed by atoms with Crippen molar-refractivity contribution >= 4 is 5.71 Å². The topological polar surface area (TPSA) is 47.6 Å². The van der Waals surface area contributed by atoms with Crippen LogP contribution in [0, 0.1) is 17.8 Å². The lowest BCUT2D eigenvalue weighted by Crippen LogP contribution is -2.48. The Morgan fingerprint density at radius 2 is 1.95 bits per heavy atom. The third-order valence-electron chi connectivity index (χ3n) is 6.48. The van der Waals surface area contributed by atoms with Crippen LogP contribution in [0.3, 0.4) is 0 Å². The molecule has 22 heavy (non-hydrogen) atoms. The lowest BCUT2D eigenvalue weighted by Gasteiger charge is -2.39. The quantitative estimate of drug-likeness (QED) is 0.826. The highest BCUT2D eigenvalue weighted by atomic mass is 16.7. The van der Waals surface area contributed by atoms with E-state index in [0.717, 1.165) is 31.4 Å². The van der Waals surface area contributed by atoms with Crippen molar-refractivity contribution in [2.45, 2.75) is 70.8 Å². The smallest absolute Gasteiger partial charge is 0.150 e. The summed E-state index contributed by atoms with van der Waals surface area (Å²) in [6, 6.07) is 0. The van der Waals surface area contributed by atoms with Gasteiger partial charge < -0.3 is 9.36 Å². The van der Waals surface area contributed by atoms with Gasteiger partial charge in [-0.05, 0) is 43.9 Å². The Morgan fingerprint density at radius 1 is 1.18 bits per heavy atom. The normalized spacial score (nSPS) is 32.3. The molecule has 0 saturated heterocycles. The van der Waals surface area contributed by atoms with E-state index in [1.54, 1.807) is 0 Å². The second-order valence-corrected chi connectivity index (χ2v) is 7.95. The molecule has 0 N–H and O–H groups in total. The first kappa shape index (κ1) is 14.3. The molecule has 1 fully saturated rings. The standard InChI is InChI=1S/C18H26N2O2/c1-11(2)18(12(3)4)14-7-9-17(16(14)20-22-18)8-5-6-13-10-21-19-15(13)17/h10-12,14H,5-9H2,1-4H3/t14-,17-/m0/s1. The summed E-state index contributed by atoms with van der Waals surface area (Å²) in [5.74, 6) is 1.33. The van der Waals surface area contributed by atoms with Crippen molar-refractivity contribution < 1.29 is 9.36 Å². The molecule has 4 nitrogen and oxygen atoms in total. The fourth-order valence-corrected chi connectivity index (χ4v) is 5.47. The largest absolute Gasteiger partial charge is 0.388 e. The number of oxime groups is 1. The molecule has 1 spiro atoms. The summed E-state index contributed by atoms with van der Waals surface area (Å²) < 4.78 is 5.30. The van der Waals surface area contributed by atoms with E-state index in [1.165, 1.54) is 17.7 Å². The first-order valence-corrected chi connectivity index (χ1v) is 8.72. The molecule has 3 aliphatic rings. The third kappa shape index (κ3) is 1.53. The van der Waals surface area contributed by atoms with E-state index in [2.05, 4.69) is 38.0 Å². The number of aromatic nitrogens is 1. The van der Waals surface area contributed by atoms with E-state index in [0.29, 0.717) is 17.8 Å². The zero-order valence-corrected chi connectivity index (χ0v) is 14.1. The SMILES string of the molecule is CC(C)C1(C(C)C)ON=C2[C@@H]1CC[C@]21CCCc2conc21. The van der Waals surface area contributed by atoms with Gasteiger partial charge in [0.05, 0.1) is 16.8 Å². The predicted molar refractivity (Wildman–Crippen MR) is 84.8 cm³/mol. The molecule has 4 heteroatoms. The van der Waals surface area contributed by atoms with Crippen LogP contribution in [0.2, 0.25) is 0 Å². The van der Waals surface area contributed by atoms with Crippen LogP contribution in [-0.4, -0.2) is 16.5 Å². The molecule has 0 bridgehead atoms. The fourth-order valence-electron chi connectivity index (χ4n) is 5.47. The summed E-state index contributed by atoms with van der Waals surface area (Å²) >= 11 is 0. The number of hydrogen-bond donors (Lipinski definition) is 0. The molecule has 0 radical (unpaired) electrons. The zero-order chi connectivity index (χ0) is 15.5. The highest BCUT2D eigenvalue weighted by Crippen LogP contribution is 2.57. The monoisotopic (exact) mass is 302 g/mol. The van der Waals surface area contributed by atoms with Gasteiger partial charge in [-0.3, -0.25) is 0 Å². The third-order valence-corrected chi connectivity index (χ3v) is 6.48. The average Bonchev–Trinajstić information content (AvgIpc) is 3.15. The maximum atomic E-state index is 6.18. The van der Waals surface area contributed by atoms with Gasteiger partial charge in [-0.15, -0.1) is 0 Å². The lowest BCUT2D eigenvalue weighted by atomic mass is 9.66. The lowest BCUT2D eigenvalue weighted by molar-refractivity contribution is -0.113. The molecular formula is C18H26N2O2. The van der Waals surface area contributed by atoms with Gasteiger partial charge in [0.15, 0.2) is 0 Å². The summed E-state index contributed by atoms with van der Waals surface area (Å²) in [5, 5.41) is 9.06. The number of aryl methyl sites for hydroxylation is 1. The van der Waals surface area contributed by atoms with E-state index >= 15 is 0 Å². The number of nitrogens with zero attached hydrogens (tertiary/aromatic N) is 2. The van der Waals surface area contributed by atoms with Crippen LogP contribution in [0.5, 0.6) is 0 Å². The molecule has 120 valence electrons. The van der Waals surface area contributed by atoms with E-state index in [-0.39, 0.29) is 11.0 Å². The summed E-state index contributed by atoms with van der Waals surface area (Å²) in [4.78, 5) is 6.18. The summed E-state index contributed by atoms with van der Waals surface area (Å²) in [7, 11) is 0. The minimum atomic E-state index is -0.153. The van der Waals surface area contributed by atoms with Gasteiger partial charge in [-0.2, -0.15) is 0 Å². The van der Waals surface area contributed by atoms with Crippen LogP contribution in [-0.2, 0) is 16.7 Å². The van der Waals surface area contributed by atoms with Gasteiger partial charge in [0.2, 0.25) is 0 Å². The van der Waals surface area contributed by atoms with E-state index < -0.39 is 0 Å². The minimum absolute atomic E-state index is 0.0171. The predicted octanol–water partition coefficient (Wildman–Crippen LogP) is 4.10. The molecule has 1 saturated carbocycles. The van der Waals surface area contributed by atoms with Gasteiger partial charge in [-0.1, -0.05) is 38.0 Å². The van der Waals surface area contributed by atoms with Crippen molar-refractivity contribution in [3.63, 3.8) is 0 Å². The van der Waals surface area contributed by atoms with Gasteiger partial charge in [0.25, 0.3) is 0 Å². The number of fused-ring (bicyclic) bond motifs is 4. The highest BCUT2D eigenvalue weighted by molar-refractivity contribution is 6.00. The first-order chi connectivity index (χ1) is 10.5. The molecule has 0 amide bonds. The van der Waals surface area contributed by atoms with Crippen LogP contribution >= 0.6 is 0 Å². The Hall–Kier alpha value is -1.32. The second kappa shape index (κ2) is 4.59. The van der Waals surface area contributed by atoms with E-state index in [1.807, 2.05) is 6.26 Å². The van der Waals surface area contributed by atoms with Crippen molar-refractivity contribution in [1.29, 1.82) is 0 Å². The molecule has 1 aliphatic heterocycles. The number of rotatable bonds is 2. The van der Waals surface area contributed by atoms with E-state index in [9.17, 15) is 0 Å². The molecule has 2 heterocycles. The zero-order valence-electron chi connectivity index (χ0n) is 14.1. The Kier molecular flexibility index (Phi) is 2.98. The average molecular weight is 302 g/mol. The Labute approximate surface area is 132 Å². The van der Waals surface area contributed by atoms with E-state index in [4.69, 9.17) is 9.36 Å². The Bertz CT molecular complexity index is 608. The summed E-state index contributed by atoms with van der Waals surface area (Å²) in [6.45, 7) is 9.08. The van der Waals surface area contributed by atoms with Crippen molar-refractivity contribution in [3.05, 3.63) is 17.5 Å². The van der Waals surface area contributed by atoms with Crippen molar-refractivity contribution in [3.8, 4) is 0 Å². The Balaban J connectivity index is 1.79. The van der Waals surface area contributed by atoms with Crippen LogP contribution in [0.15, 0.2) is 15.9 Å². The summed E-state index contributed by atoms with van der Waals surface area (Å²) in [5.41, 5.74) is 3.51. The molecule has 1 aromatic heterocycles. The maximum absolute atomic E-state index is 6.18. The number of hydrogen-bond acceptors (Lipinski definition) is 4. The van der Waals surface area contributed by atoms with Crippen LogP contribution in [0.1, 0.15) is 64.6 Å². The molecule has 1 aromatic rings. The van der Waals surface area contributed by atoms with Gasteiger partial charge in [0.1, 0.15) is 11.9 Å². The highest BCUT2D eigenvalue weighted by Gasteiger charge is 2.63. The molecule has 4 rings (SSSR count). The molecular weight excluding hydrogens is 276 g/mol. The van der Waals surface area contributed by atoms with Crippen molar-refractivity contribution in [1.82, 2.24) is 5.16 Å². The van der Waals surface area contributed by atoms with Gasteiger partial charge >= 0.3 is 0 Å². The van der Waals surface area contributed by atoms with Crippen LogP contribution in [0.4, 0.5) is 0 Å². The van der Waals surface area contributed by atoms with Crippen molar-refractivity contribution in [2.24, 2.45) is 22.9 Å².